The SMILES string of the molecule is N#CCOc1ccc(/C=C2/SC(=S)N(c3cccc(C(F)(F)F)c3)C2=O)cc1. The minimum absolute atomic E-state index is 0.0703. The summed E-state index contributed by atoms with van der Waals surface area (Å²) in [7, 11) is 0. The Balaban J connectivity index is 1.84. The van der Waals surface area contributed by atoms with Gasteiger partial charge in [0.05, 0.1) is 16.2 Å². The van der Waals surface area contributed by atoms with Crippen molar-refractivity contribution in [3.8, 4) is 11.8 Å². The molecule has 0 radical (unpaired) electrons. The fourth-order valence-corrected chi connectivity index (χ4v) is 3.74. The lowest BCUT2D eigenvalue weighted by Crippen LogP contribution is -2.27. The van der Waals surface area contributed by atoms with Gasteiger partial charge in [0, 0.05) is 0 Å². The number of amides is 1. The Labute approximate surface area is 168 Å². The van der Waals surface area contributed by atoms with Gasteiger partial charge < -0.3 is 4.74 Å². The molecule has 28 heavy (non-hydrogen) atoms. The predicted molar refractivity (Wildman–Crippen MR) is 105 cm³/mol. The van der Waals surface area contributed by atoms with Gasteiger partial charge >= 0.3 is 6.18 Å². The monoisotopic (exact) mass is 420 g/mol. The van der Waals surface area contributed by atoms with E-state index in [9.17, 15) is 18.0 Å². The average Bonchev–Trinajstić information content (AvgIpc) is 2.94. The molecule has 4 nitrogen and oxygen atoms in total. The van der Waals surface area contributed by atoms with Crippen LogP contribution in [-0.4, -0.2) is 16.8 Å². The van der Waals surface area contributed by atoms with Gasteiger partial charge in [0.1, 0.15) is 11.8 Å². The third-order valence-corrected chi connectivity index (χ3v) is 5.01. The summed E-state index contributed by atoms with van der Waals surface area (Å²) in [6.07, 6.45) is -2.91. The van der Waals surface area contributed by atoms with Gasteiger partial charge in [-0.1, -0.05) is 42.2 Å². The maximum absolute atomic E-state index is 12.9. The highest BCUT2D eigenvalue weighted by Gasteiger charge is 2.36. The summed E-state index contributed by atoms with van der Waals surface area (Å²) in [5, 5.41) is 8.50. The smallest absolute Gasteiger partial charge is 0.416 e. The number of ether oxygens (including phenoxy) is 1. The third-order valence-electron chi connectivity index (χ3n) is 3.71. The lowest BCUT2D eigenvalue weighted by Gasteiger charge is -2.16. The van der Waals surface area contributed by atoms with Gasteiger partial charge in [-0.05, 0) is 42.0 Å². The zero-order valence-corrected chi connectivity index (χ0v) is 15.7. The van der Waals surface area contributed by atoms with Gasteiger partial charge in [-0.2, -0.15) is 18.4 Å². The Hall–Kier alpha value is -2.83. The number of hydrogen-bond donors (Lipinski definition) is 0. The van der Waals surface area contributed by atoms with Gasteiger partial charge in [-0.3, -0.25) is 9.69 Å². The second-order valence-corrected chi connectivity index (χ2v) is 7.26. The molecule has 0 saturated carbocycles. The maximum atomic E-state index is 12.9. The number of halogens is 3. The van der Waals surface area contributed by atoms with Crippen molar-refractivity contribution >= 4 is 46.0 Å². The molecule has 1 saturated heterocycles. The van der Waals surface area contributed by atoms with E-state index in [1.807, 2.05) is 6.07 Å². The van der Waals surface area contributed by atoms with Gasteiger partial charge in [0.2, 0.25) is 0 Å². The molecule has 2 aromatic carbocycles. The lowest BCUT2D eigenvalue weighted by molar-refractivity contribution is -0.137. The van der Waals surface area contributed by atoms with E-state index in [1.54, 1.807) is 30.3 Å². The number of carbonyl (C=O) groups is 1. The molecule has 1 fully saturated rings. The van der Waals surface area contributed by atoms with Crippen LogP contribution < -0.4 is 9.64 Å². The van der Waals surface area contributed by atoms with Crippen LogP contribution in [-0.2, 0) is 11.0 Å². The van der Waals surface area contributed by atoms with E-state index in [1.165, 1.54) is 12.1 Å². The van der Waals surface area contributed by atoms with E-state index in [0.29, 0.717) is 16.2 Å². The molecule has 0 aromatic heterocycles. The first-order chi connectivity index (χ1) is 13.3. The number of rotatable bonds is 4. The van der Waals surface area contributed by atoms with Gasteiger partial charge in [0.25, 0.3) is 5.91 Å². The van der Waals surface area contributed by atoms with E-state index in [-0.39, 0.29) is 16.6 Å². The van der Waals surface area contributed by atoms with Crippen LogP contribution in [0.25, 0.3) is 6.08 Å². The van der Waals surface area contributed by atoms with Crippen molar-refractivity contribution in [2.24, 2.45) is 0 Å². The molecule has 1 heterocycles. The number of nitriles is 1. The van der Waals surface area contributed by atoms with Gasteiger partial charge in [0.15, 0.2) is 10.9 Å². The van der Waals surface area contributed by atoms with E-state index in [2.05, 4.69) is 0 Å². The number of nitrogens with zero attached hydrogens (tertiary/aromatic N) is 2. The Morgan fingerprint density at radius 3 is 2.57 bits per heavy atom. The third kappa shape index (κ3) is 4.35. The quantitative estimate of drug-likeness (QED) is 0.514. The van der Waals surface area contributed by atoms with E-state index < -0.39 is 17.6 Å². The first-order valence-electron chi connectivity index (χ1n) is 7.84. The summed E-state index contributed by atoms with van der Waals surface area (Å²) in [6, 6.07) is 13.0. The van der Waals surface area contributed by atoms with Crippen LogP contribution in [0.3, 0.4) is 0 Å². The second kappa shape index (κ2) is 8.04. The minimum Gasteiger partial charge on any atom is -0.479 e. The van der Waals surface area contributed by atoms with Crippen molar-refractivity contribution in [3.63, 3.8) is 0 Å². The van der Waals surface area contributed by atoms with Gasteiger partial charge in [-0.25, -0.2) is 0 Å². The molecular formula is C19H11F3N2O2S2. The zero-order chi connectivity index (χ0) is 20.3. The summed E-state index contributed by atoms with van der Waals surface area (Å²) in [5.74, 6) is 0.0225. The van der Waals surface area contributed by atoms with Crippen molar-refractivity contribution in [1.82, 2.24) is 0 Å². The van der Waals surface area contributed by atoms with Crippen molar-refractivity contribution in [2.45, 2.75) is 6.18 Å². The summed E-state index contributed by atoms with van der Waals surface area (Å²) >= 11 is 6.21. The number of anilines is 1. The number of thioether (sulfide) groups is 1. The first-order valence-corrected chi connectivity index (χ1v) is 9.07. The molecule has 0 bridgehead atoms. The zero-order valence-electron chi connectivity index (χ0n) is 14.1. The standard InChI is InChI=1S/C19H11F3N2O2S2/c20-19(21,22)13-2-1-3-14(11-13)24-17(25)16(28-18(24)27)10-12-4-6-15(7-5-12)26-9-8-23/h1-7,10-11H,9H2/b16-10+. The largest absolute Gasteiger partial charge is 0.479 e. The van der Waals surface area contributed by atoms with Crippen molar-refractivity contribution < 1.29 is 22.7 Å². The molecule has 142 valence electrons. The highest BCUT2D eigenvalue weighted by Crippen LogP contribution is 2.38. The molecular weight excluding hydrogens is 409 g/mol. The summed E-state index contributed by atoms with van der Waals surface area (Å²) in [5.41, 5.74) is -0.0918. The second-order valence-electron chi connectivity index (χ2n) is 5.58. The number of alkyl halides is 3. The van der Waals surface area contributed by atoms with Crippen molar-refractivity contribution in [1.29, 1.82) is 5.26 Å². The van der Waals surface area contributed by atoms with E-state index in [0.717, 1.165) is 28.8 Å². The van der Waals surface area contributed by atoms with Gasteiger partial charge in [-0.15, -0.1) is 0 Å². The highest BCUT2D eigenvalue weighted by atomic mass is 32.2. The molecule has 2 aromatic rings. The van der Waals surface area contributed by atoms with Crippen molar-refractivity contribution in [2.75, 3.05) is 11.5 Å². The van der Waals surface area contributed by atoms with Crippen LogP contribution >= 0.6 is 24.0 Å². The number of benzene rings is 2. The van der Waals surface area contributed by atoms with Crippen LogP contribution in [0.2, 0.25) is 0 Å². The molecule has 0 N–H and O–H groups in total. The minimum atomic E-state index is -4.51. The van der Waals surface area contributed by atoms with E-state index in [4.69, 9.17) is 22.2 Å². The fraction of sp³-hybridized carbons (Fsp3) is 0.105. The number of thiocarbonyl (C=S) groups is 1. The molecule has 0 atom stereocenters. The highest BCUT2D eigenvalue weighted by molar-refractivity contribution is 8.27. The number of carbonyl (C=O) groups excluding carboxylic acids is 1. The first kappa shape index (κ1) is 19.9. The molecule has 9 heteroatoms. The maximum Gasteiger partial charge on any atom is 0.416 e. The topological polar surface area (TPSA) is 53.3 Å². The van der Waals surface area contributed by atoms with Crippen LogP contribution in [0, 0.1) is 11.3 Å². The molecule has 1 amide bonds. The Bertz CT molecular complexity index is 995. The fourth-order valence-electron chi connectivity index (χ4n) is 2.44. The Kier molecular flexibility index (Phi) is 5.72. The van der Waals surface area contributed by atoms with Crippen LogP contribution in [0.1, 0.15) is 11.1 Å². The predicted octanol–water partition coefficient (Wildman–Crippen LogP) is 5.01. The lowest BCUT2D eigenvalue weighted by atomic mass is 10.1. The molecule has 0 aliphatic carbocycles. The Morgan fingerprint density at radius 1 is 1.21 bits per heavy atom. The number of hydrogen-bond acceptors (Lipinski definition) is 5. The average molecular weight is 420 g/mol. The molecule has 0 spiro atoms. The summed E-state index contributed by atoms with van der Waals surface area (Å²) < 4.78 is 44.1. The van der Waals surface area contributed by atoms with Crippen LogP contribution in [0.5, 0.6) is 5.75 Å². The Morgan fingerprint density at radius 2 is 1.93 bits per heavy atom. The molecule has 0 unspecified atom stereocenters. The molecule has 1 aliphatic heterocycles. The molecule has 3 rings (SSSR count). The van der Waals surface area contributed by atoms with Crippen molar-refractivity contribution in [3.05, 3.63) is 64.6 Å². The molecule has 1 aliphatic rings. The van der Waals surface area contributed by atoms with E-state index >= 15 is 0 Å². The summed E-state index contributed by atoms with van der Waals surface area (Å²) in [6.45, 7) is -0.0744. The van der Waals surface area contributed by atoms with Crippen LogP contribution in [0.4, 0.5) is 18.9 Å². The van der Waals surface area contributed by atoms with Crippen LogP contribution in [0.15, 0.2) is 53.4 Å². The normalized spacial score (nSPS) is 15.8. The summed E-state index contributed by atoms with van der Waals surface area (Å²) in [4.78, 5) is 14.1.